The SMILES string of the molecule is COc1cc(-c2ccc(N(C)CCN(C)c3ccc(-c4cc(OC)c(OS(C)(=O)=O)c(OC)c4)nc3)cn2)cc(OC)c1OS(C)(=O)=O. The van der Waals surface area contributed by atoms with E-state index in [2.05, 4.69) is 19.8 Å². The zero-order chi connectivity index (χ0) is 35.2. The molecule has 0 N–H and O–H groups in total. The van der Waals surface area contributed by atoms with Crippen molar-refractivity contribution < 1.29 is 44.1 Å². The van der Waals surface area contributed by atoms with Gasteiger partial charge in [-0.05, 0) is 48.5 Å². The van der Waals surface area contributed by atoms with Gasteiger partial charge in [-0.15, -0.1) is 0 Å². The average molecular weight is 703 g/mol. The second-order valence-electron chi connectivity index (χ2n) is 10.6. The lowest BCUT2D eigenvalue weighted by molar-refractivity contribution is 0.361. The summed E-state index contributed by atoms with van der Waals surface area (Å²) >= 11 is 0. The Morgan fingerprint density at radius 1 is 0.562 bits per heavy atom. The second-order valence-corrected chi connectivity index (χ2v) is 13.8. The summed E-state index contributed by atoms with van der Waals surface area (Å²) in [6.07, 6.45) is 5.39. The van der Waals surface area contributed by atoms with Crippen LogP contribution in [-0.4, -0.2) is 94.9 Å². The maximum atomic E-state index is 11.7. The van der Waals surface area contributed by atoms with Gasteiger partial charge in [0.05, 0.1) is 76.1 Å². The summed E-state index contributed by atoms with van der Waals surface area (Å²) in [5, 5.41) is 0. The predicted octanol–water partition coefficient (Wildman–Crippen LogP) is 4.09. The Hall–Kier alpha value is -4.96. The zero-order valence-electron chi connectivity index (χ0n) is 27.9. The fourth-order valence-corrected chi connectivity index (χ4v) is 5.58. The van der Waals surface area contributed by atoms with Crippen molar-refractivity contribution in [2.24, 2.45) is 0 Å². The van der Waals surface area contributed by atoms with Crippen LogP contribution >= 0.6 is 0 Å². The summed E-state index contributed by atoms with van der Waals surface area (Å²) in [5.74, 6) is 0.708. The van der Waals surface area contributed by atoms with Gasteiger partial charge in [-0.3, -0.25) is 9.97 Å². The Balaban J connectivity index is 1.44. The van der Waals surface area contributed by atoms with E-state index < -0.39 is 20.2 Å². The Morgan fingerprint density at radius 2 is 0.875 bits per heavy atom. The largest absolute Gasteiger partial charge is 0.493 e. The van der Waals surface area contributed by atoms with Crippen molar-refractivity contribution in [3.8, 4) is 57.0 Å². The molecular weight excluding hydrogens is 665 g/mol. The molecule has 0 saturated heterocycles. The van der Waals surface area contributed by atoms with E-state index in [0.29, 0.717) is 35.6 Å². The first-order valence-corrected chi connectivity index (χ1v) is 18.0. The van der Waals surface area contributed by atoms with E-state index in [0.717, 1.165) is 23.9 Å². The Bertz CT molecular complexity index is 1760. The quantitative estimate of drug-likeness (QED) is 0.163. The number of ether oxygens (including phenoxy) is 4. The molecule has 0 unspecified atom stereocenters. The first kappa shape index (κ1) is 35.9. The summed E-state index contributed by atoms with van der Waals surface area (Å²) in [6, 6.07) is 14.1. The fourth-order valence-electron chi connectivity index (χ4n) is 4.65. The van der Waals surface area contributed by atoms with Crippen LogP contribution in [0, 0.1) is 0 Å². The highest BCUT2D eigenvalue weighted by atomic mass is 32.2. The van der Waals surface area contributed by atoms with Gasteiger partial charge in [-0.1, -0.05) is 0 Å². The van der Waals surface area contributed by atoms with E-state index in [1.54, 1.807) is 36.7 Å². The molecule has 2 aromatic heterocycles. The molecule has 0 aliphatic carbocycles. The van der Waals surface area contributed by atoms with Crippen molar-refractivity contribution >= 4 is 31.6 Å². The van der Waals surface area contributed by atoms with Gasteiger partial charge in [0, 0.05) is 38.3 Å². The molecule has 4 aromatic rings. The number of rotatable bonds is 15. The van der Waals surface area contributed by atoms with Gasteiger partial charge in [0.1, 0.15) is 0 Å². The van der Waals surface area contributed by atoms with Gasteiger partial charge >= 0.3 is 20.2 Å². The first-order valence-electron chi connectivity index (χ1n) is 14.3. The number of hydrogen-bond donors (Lipinski definition) is 0. The Kier molecular flexibility index (Phi) is 11.1. The molecule has 16 heteroatoms. The van der Waals surface area contributed by atoms with Gasteiger partial charge in [0.25, 0.3) is 0 Å². The normalized spacial score (nSPS) is 11.4. The number of likely N-dealkylation sites (N-methyl/N-ethyl adjacent to an activating group) is 2. The van der Waals surface area contributed by atoms with Crippen LogP contribution in [0.15, 0.2) is 60.9 Å². The lowest BCUT2D eigenvalue weighted by atomic mass is 10.1. The van der Waals surface area contributed by atoms with E-state index >= 15 is 0 Å². The number of benzene rings is 2. The van der Waals surface area contributed by atoms with Gasteiger partial charge in [0.2, 0.25) is 11.5 Å². The molecule has 0 aliphatic heterocycles. The molecule has 0 amide bonds. The van der Waals surface area contributed by atoms with Crippen LogP contribution in [0.25, 0.3) is 22.5 Å². The van der Waals surface area contributed by atoms with Crippen LogP contribution in [0.5, 0.6) is 34.5 Å². The van der Waals surface area contributed by atoms with E-state index in [-0.39, 0.29) is 34.5 Å². The van der Waals surface area contributed by atoms with Gasteiger partial charge < -0.3 is 37.1 Å². The van der Waals surface area contributed by atoms with Crippen LogP contribution < -0.4 is 37.1 Å². The fraction of sp³-hybridized carbons (Fsp3) is 0.312. The summed E-state index contributed by atoms with van der Waals surface area (Å²) < 4.78 is 78.6. The molecule has 0 aliphatic rings. The third kappa shape index (κ3) is 8.89. The minimum Gasteiger partial charge on any atom is -0.493 e. The van der Waals surface area contributed by atoms with Crippen molar-refractivity contribution in [1.82, 2.24) is 9.97 Å². The van der Waals surface area contributed by atoms with Crippen LogP contribution in [-0.2, 0) is 20.2 Å². The number of pyridine rings is 2. The minimum atomic E-state index is -3.80. The Labute approximate surface area is 281 Å². The summed E-state index contributed by atoms with van der Waals surface area (Å²) in [5.41, 5.74) is 4.36. The van der Waals surface area contributed by atoms with E-state index in [9.17, 15) is 16.8 Å². The molecule has 0 fully saturated rings. The number of hydrogen-bond acceptors (Lipinski definition) is 14. The van der Waals surface area contributed by atoms with Gasteiger partial charge in [0.15, 0.2) is 23.0 Å². The Morgan fingerprint density at radius 3 is 1.10 bits per heavy atom. The average Bonchev–Trinajstić information content (AvgIpc) is 3.05. The van der Waals surface area contributed by atoms with E-state index in [1.165, 1.54) is 28.4 Å². The topological polar surface area (TPSA) is 156 Å². The molecule has 2 aromatic carbocycles. The summed E-state index contributed by atoms with van der Waals surface area (Å²) in [6.45, 7) is 1.35. The molecule has 258 valence electrons. The van der Waals surface area contributed by atoms with Gasteiger partial charge in [-0.25, -0.2) is 0 Å². The number of methoxy groups -OCH3 is 4. The number of nitrogens with zero attached hydrogens (tertiary/aromatic N) is 4. The van der Waals surface area contributed by atoms with Crippen molar-refractivity contribution in [1.29, 1.82) is 0 Å². The van der Waals surface area contributed by atoms with Crippen LogP contribution in [0.2, 0.25) is 0 Å². The molecular formula is C32H38N4O10S2. The summed E-state index contributed by atoms with van der Waals surface area (Å²) in [7, 11) is 1.97. The molecule has 0 saturated carbocycles. The van der Waals surface area contributed by atoms with Crippen molar-refractivity contribution in [3.63, 3.8) is 0 Å². The molecule has 0 atom stereocenters. The van der Waals surface area contributed by atoms with Crippen molar-refractivity contribution in [2.45, 2.75) is 0 Å². The minimum absolute atomic E-state index is 0.0345. The standard InChI is InChI=1S/C32H38N4O10S2/c1-35(23-9-11-25(33-19-23)21-15-27(41-3)31(28(16-21)42-4)45-47(7,37)38)13-14-36(2)24-10-12-26(34-20-24)22-17-29(43-5)32(30(18-22)44-6)46-48(8,39)40/h9-12,15-20H,13-14H2,1-8H3. The molecule has 48 heavy (non-hydrogen) atoms. The van der Waals surface area contributed by atoms with Crippen LogP contribution in [0.4, 0.5) is 11.4 Å². The highest BCUT2D eigenvalue weighted by Crippen LogP contribution is 2.43. The van der Waals surface area contributed by atoms with E-state index in [1.807, 2.05) is 38.4 Å². The highest BCUT2D eigenvalue weighted by Gasteiger charge is 2.21. The van der Waals surface area contributed by atoms with Crippen molar-refractivity contribution in [3.05, 3.63) is 60.9 Å². The third-order valence-corrected chi connectivity index (χ3v) is 8.07. The lowest BCUT2D eigenvalue weighted by Gasteiger charge is -2.25. The monoisotopic (exact) mass is 702 g/mol. The molecule has 14 nitrogen and oxygen atoms in total. The molecule has 2 heterocycles. The molecule has 0 radical (unpaired) electrons. The van der Waals surface area contributed by atoms with E-state index in [4.69, 9.17) is 27.3 Å². The highest BCUT2D eigenvalue weighted by molar-refractivity contribution is 7.86. The number of anilines is 2. The van der Waals surface area contributed by atoms with Crippen LogP contribution in [0.3, 0.4) is 0 Å². The second kappa shape index (κ2) is 14.9. The zero-order valence-corrected chi connectivity index (χ0v) is 29.5. The summed E-state index contributed by atoms with van der Waals surface area (Å²) in [4.78, 5) is 13.3. The maximum Gasteiger partial charge on any atom is 0.306 e. The van der Waals surface area contributed by atoms with Crippen molar-refractivity contribution in [2.75, 3.05) is 77.9 Å². The number of aromatic nitrogens is 2. The smallest absolute Gasteiger partial charge is 0.306 e. The lowest BCUT2D eigenvalue weighted by Crippen LogP contribution is -2.30. The molecule has 0 bridgehead atoms. The first-order chi connectivity index (χ1) is 22.7. The van der Waals surface area contributed by atoms with Crippen LogP contribution in [0.1, 0.15) is 0 Å². The molecule has 0 spiro atoms. The molecule has 4 rings (SSSR count). The third-order valence-electron chi connectivity index (χ3n) is 7.13. The van der Waals surface area contributed by atoms with Gasteiger partial charge in [-0.2, -0.15) is 16.8 Å². The maximum absolute atomic E-state index is 11.7. The predicted molar refractivity (Wildman–Crippen MR) is 183 cm³/mol.